The molecule has 0 bridgehead atoms. The maximum atomic E-state index is 10.7. The van der Waals surface area contributed by atoms with Crippen LogP contribution >= 0.6 is 0 Å². The molecule has 2 heterocycles. The van der Waals surface area contributed by atoms with Gasteiger partial charge in [-0.2, -0.15) is 4.57 Å². The summed E-state index contributed by atoms with van der Waals surface area (Å²) in [5, 5.41) is 10.7. The van der Waals surface area contributed by atoms with Gasteiger partial charge in [-0.25, -0.2) is 0 Å². The molecule has 0 amide bonds. The number of nitro groups is 1. The first-order valence-electron chi connectivity index (χ1n) is 7.32. The fraction of sp³-hybridized carbons (Fsp3) is 0.111. The predicted octanol–water partition coefficient (Wildman–Crippen LogP) is -0.0796. The van der Waals surface area contributed by atoms with Gasteiger partial charge in [-0.1, -0.05) is 18.2 Å². The summed E-state index contributed by atoms with van der Waals surface area (Å²) in [6.45, 7) is 0.735. The van der Waals surface area contributed by atoms with Gasteiger partial charge < -0.3 is 17.0 Å². The number of halogens is 1. The molecule has 0 radical (unpaired) electrons. The van der Waals surface area contributed by atoms with Gasteiger partial charge in [-0.15, -0.1) is 0 Å². The smallest absolute Gasteiger partial charge is 0.269 e. The molecule has 1 aromatic carbocycles. The van der Waals surface area contributed by atoms with Crippen molar-refractivity contribution in [2.45, 2.75) is 13.0 Å². The van der Waals surface area contributed by atoms with Crippen LogP contribution < -0.4 is 21.5 Å². The highest BCUT2D eigenvalue weighted by Crippen LogP contribution is 2.14. The van der Waals surface area contributed by atoms with E-state index >= 15 is 0 Å². The van der Waals surface area contributed by atoms with E-state index in [1.165, 1.54) is 0 Å². The summed E-state index contributed by atoms with van der Waals surface area (Å²) in [6, 6.07) is 16.7. The molecule has 0 spiro atoms. The maximum absolute atomic E-state index is 10.7. The van der Waals surface area contributed by atoms with Gasteiger partial charge in [0.2, 0.25) is 0 Å². The van der Waals surface area contributed by atoms with E-state index in [9.17, 15) is 10.1 Å². The van der Waals surface area contributed by atoms with Crippen molar-refractivity contribution in [1.82, 2.24) is 4.98 Å². The molecule has 0 fully saturated rings. The second-order valence-corrected chi connectivity index (χ2v) is 5.30. The summed E-state index contributed by atoms with van der Waals surface area (Å²) < 4.78 is 2.07. The first-order valence-corrected chi connectivity index (χ1v) is 7.32. The molecule has 24 heavy (non-hydrogen) atoms. The third-order valence-electron chi connectivity index (χ3n) is 3.59. The first-order chi connectivity index (χ1) is 11.2. The molecule has 0 aliphatic heterocycles. The van der Waals surface area contributed by atoms with Crippen LogP contribution in [0.4, 0.5) is 5.69 Å². The Kier molecular flexibility index (Phi) is 6.14. The number of rotatable bonds is 5. The molecular formula is C18H16BrN3O2. The van der Waals surface area contributed by atoms with Crippen LogP contribution in [-0.2, 0) is 13.0 Å². The summed E-state index contributed by atoms with van der Waals surface area (Å²) in [5.74, 6) is 0. The maximum Gasteiger partial charge on any atom is 0.269 e. The number of hydrogen-bond acceptors (Lipinski definition) is 3. The molecule has 122 valence electrons. The molecular weight excluding hydrogens is 370 g/mol. The zero-order chi connectivity index (χ0) is 16.1. The van der Waals surface area contributed by atoms with E-state index < -0.39 is 0 Å². The van der Waals surface area contributed by atoms with Crippen molar-refractivity contribution >= 4 is 5.69 Å². The molecule has 0 N–H and O–H groups in total. The van der Waals surface area contributed by atoms with Crippen LogP contribution in [0.25, 0.3) is 0 Å². The standard InChI is InChI=1S/C18H16N3O2.BrH/c22-21(23)18-6-4-15(5-7-18)13-16-8-11-20(12-9-16)14-17-3-1-2-10-19-17;/h1-12H,13-14H2;1H/q+1;/p-1. The monoisotopic (exact) mass is 385 g/mol. The molecule has 5 nitrogen and oxygen atoms in total. The highest BCUT2D eigenvalue weighted by atomic mass is 79.9. The Bertz CT molecular complexity index is 791. The summed E-state index contributed by atoms with van der Waals surface area (Å²) >= 11 is 0. The van der Waals surface area contributed by atoms with Gasteiger partial charge in [0.25, 0.3) is 5.69 Å². The number of aromatic nitrogens is 2. The Labute approximate surface area is 150 Å². The van der Waals surface area contributed by atoms with Crippen molar-refractivity contribution in [3.05, 3.63) is 100 Å². The third kappa shape index (κ3) is 4.70. The van der Waals surface area contributed by atoms with Gasteiger partial charge in [0.15, 0.2) is 18.9 Å². The minimum absolute atomic E-state index is 0. The zero-order valence-corrected chi connectivity index (χ0v) is 14.5. The lowest BCUT2D eigenvalue weighted by Gasteiger charge is -2.02. The van der Waals surface area contributed by atoms with Gasteiger partial charge in [0.1, 0.15) is 5.69 Å². The van der Waals surface area contributed by atoms with Crippen molar-refractivity contribution in [1.29, 1.82) is 0 Å². The van der Waals surface area contributed by atoms with Crippen LogP contribution in [-0.4, -0.2) is 9.91 Å². The highest BCUT2D eigenvalue weighted by Gasteiger charge is 2.06. The number of nitrogens with zero attached hydrogens (tertiary/aromatic N) is 3. The van der Waals surface area contributed by atoms with Gasteiger partial charge in [0, 0.05) is 30.5 Å². The van der Waals surface area contributed by atoms with E-state index in [-0.39, 0.29) is 27.6 Å². The first kappa shape index (κ1) is 17.7. The molecule has 0 atom stereocenters. The summed E-state index contributed by atoms with van der Waals surface area (Å²) in [4.78, 5) is 14.6. The molecule has 3 aromatic rings. The van der Waals surface area contributed by atoms with Gasteiger partial charge in [0.05, 0.1) is 4.92 Å². The molecule has 2 aromatic heterocycles. The number of hydrogen-bond donors (Lipinski definition) is 0. The van der Waals surface area contributed by atoms with E-state index in [4.69, 9.17) is 0 Å². The normalized spacial score (nSPS) is 10.0. The molecule has 6 heteroatoms. The van der Waals surface area contributed by atoms with Crippen LogP contribution in [0.3, 0.4) is 0 Å². The zero-order valence-electron chi connectivity index (χ0n) is 12.9. The van der Waals surface area contributed by atoms with Crippen molar-refractivity contribution < 1.29 is 26.5 Å². The molecule has 0 saturated heterocycles. The SMILES string of the molecule is O=[N+]([O-])c1ccc(Cc2cc[n+](Cc3ccccn3)cc2)cc1.[Br-]. The van der Waals surface area contributed by atoms with Crippen molar-refractivity contribution in [2.24, 2.45) is 0 Å². The Hall–Kier alpha value is -2.60. The molecule has 3 rings (SSSR count). The van der Waals surface area contributed by atoms with E-state index in [0.29, 0.717) is 0 Å². The van der Waals surface area contributed by atoms with Crippen LogP contribution in [0.2, 0.25) is 0 Å². The third-order valence-corrected chi connectivity index (χ3v) is 3.59. The van der Waals surface area contributed by atoms with Crippen LogP contribution in [0.15, 0.2) is 73.2 Å². The fourth-order valence-corrected chi connectivity index (χ4v) is 2.36. The molecule has 0 unspecified atom stereocenters. The van der Waals surface area contributed by atoms with E-state index in [0.717, 1.165) is 29.8 Å². The number of benzene rings is 1. The summed E-state index contributed by atoms with van der Waals surface area (Å²) in [7, 11) is 0. The van der Waals surface area contributed by atoms with E-state index in [1.807, 2.05) is 30.6 Å². The predicted molar refractivity (Wildman–Crippen MR) is 85.9 cm³/mol. The Morgan fingerprint density at radius 2 is 1.62 bits per heavy atom. The highest BCUT2D eigenvalue weighted by molar-refractivity contribution is 5.34. The Balaban J connectivity index is 0.00000208. The minimum atomic E-state index is -0.382. The largest absolute Gasteiger partial charge is 1.00 e. The summed E-state index contributed by atoms with van der Waals surface area (Å²) in [5.41, 5.74) is 3.35. The van der Waals surface area contributed by atoms with Crippen molar-refractivity contribution in [3.63, 3.8) is 0 Å². The van der Waals surface area contributed by atoms with Gasteiger partial charge in [-0.05, 0) is 29.7 Å². The molecule has 0 aliphatic carbocycles. The van der Waals surface area contributed by atoms with E-state index in [1.54, 1.807) is 30.5 Å². The average molecular weight is 386 g/mol. The Morgan fingerprint density at radius 3 is 2.21 bits per heavy atom. The Morgan fingerprint density at radius 1 is 0.958 bits per heavy atom. The lowest BCUT2D eigenvalue weighted by Crippen LogP contribution is -3.00. The van der Waals surface area contributed by atoms with Gasteiger partial charge >= 0.3 is 0 Å². The fourth-order valence-electron chi connectivity index (χ4n) is 2.36. The number of non-ortho nitro benzene ring substituents is 1. The minimum Gasteiger partial charge on any atom is -1.00 e. The number of nitro benzene ring substituents is 1. The second-order valence-electron chi connectivity index (χ2n) is 5.30. The van der Waals surface area contributed by atoms with E-state index in [2.05, 4.69) is 21.7 Å². The lowest BCUT2D eigenvalue weighted by atomic mass is 10.1. The van der Waals surface area contributed by atoms with Crippen molar-refractivity contribution in [3.8, 4) is 0 Å². The second kappa shape index (κ2) is 8.31. The lowest BCUT2D eigenvalue weighted by molar-refractivity contribution is -0.688. The van der Waals surface area contributed by atoms with Crippen LogP contribution in [0.1, 0.15) is 16.8 Å². The topological polar surface area (TPSA) is 59.9 Å². The van der Waals surface area contributed by atoms with Crippen molar-refractivity contribution in [2.75, 3.05) is 0 Å². The summed E-state index contributed by atoms with van der Waals surface area (Å²) in [6.07, 6.45) is 6.59. The molecule has 0 aliphatic rings. The molecule has 0 saturated carbocycles. The quantitative estimate of drug-likeness (QED) is 0.350. The van der Waals surface area contributed by atoms with Crippen LogP contribution in [0, 0.1) is 10.1 Å². The van der Waals surface area contributed by atoms with Crippen LogP contribution in [0.5, 0.6) is 0 Å². The average Bonchev–Trinajstić information content (AvgIpc) is 2.58. The van der Waals surface area contributed by atoms with Gasteiger partial charge in [-0.3, -0.25) is 15.1 Å². The number of pyridine rings is 2.